The Morgan fingerprint density at radius 2 is 1.64 bits per heavy atom. The molecule has 0 saturated heterocycles. The first-order valence-electron chi connectivity index (χ1n) is 8.60. The van der Waals surface area contributed by atoms with Crippen LogP contribution in [-0.2, 0) is 0 Å². The van der Waals surface area contributed by atoms with E-state index in [0.29, 0.717) is 22.1 Å². The molecule has 0 bridgehead atoms. The Labute approximate surface area is 166 Å². The number of nitrogens with two attached hydrogens (primary N) is 1. The Kier molecular flexibility index (Phi) is 5.07. The van der Waals surface area contributed by atoms with Crippen molar-refractivity contribution in [1.29, 1.82) is 0 Å². The summed E-state index contributed by atoms with van der Waals surface area (Å²) in [6, 6.07) is 23.1. The van der Waals surface area contributed by atoms with Crippen LogP contribution >= 0.6 is 11.8 Å². The van der Waals surface area contributed by atoms with Gasteiger partial charge in [-0.1, -0.05) is 66.4 Å². The molecule has 0 aliphatic carbocycles. The van der Waals surface area contributed by atoms with E-state index in [1.54, 1.807) is 6.07 Å². The number of nitrogens with zero attached hydrogens (tertiary/aromatic N) is 2. The lowest BCUT2D eigenvalue weighted by atomic mass is 10.0. The number of amides is 1. The van der Waals surface area contributed by atoms with Gasteiger partial charge in [0.2, 0.25) is 0 Å². The number of hydrogen-bond acceptors (Lipinski definition) is 6. The van der Waals surface area contributed by atoms with Gasteiger partial charge in [0.25, 0.3) is 5.91 Å². The van der Waals surface area contributed by atoms with Gasteiger partial charge in [-0.2, -0.15) is 0 Å². The van der Waals surface area contributed by atoms with Crippen LogP contribution in [0, 0.1) is 0 Å². The highest BCUT2D eigenvalue weighted by Crippen LogP contribution is 2.32. The molecule has 4 rings (SSSR count). The summed E-state index contributed by atoms with van der Waals surface area (Å²) in [6.07, 6.45) is 1.41. The summed E-state index contributed by atoms with van der Waals surface area (Å²) in [6.45, 7) is 0. The molecule has 1 amide bonds. The average Bonchev–Trinajstić information content (AvgIpc) is 2.74. The minimum atomic E-state index is -0.271. The molecular formula is C21H17N5OS. The predicted molar refractivity (Wildman–Crippen MR) is 112 cm³/mol. The zero-order valence-electron chi connectivity index (χ0n) is 14.8. The first-order chi connectivity index (χ1) is 13.7. The number of rotatable bonds is 5. The third-order valence-corrected chi connectivity index (χ3v) is 5.16. The molecule has 0 unspecified atom stereocenters. The van der Waals surface area contributed by atoms with E-state index in [1.165, 1.54) is 18.1 Å². The summed E-state index contributed by atoms with van der Waals surface area (Å²) in [7, 11) is 0. The Morgan fingerprint density at radius 3 is 2.50 bits per heavy atom. The minimum Gasteiger partial charge on any atom is -0.393 e. The molecule has 4 N–H and O–H groups in total. The third-order valence-electron chi connectivity index (χ3n) is 4.13. The van der Waals surface area contributed by atoms with Gasteiger partial charge in [-0.05, 0) is 29.0 Å². The van der Waals surface area contributed by atoms with Crippen LogP contribution in [0.25, 0.3) is 10.8 Å². The smallest absolute Gasteiger partial charge is 0.270 e. The van der Waals surface area contributed by atoms with Crippen LogP contribution in [0.4, 0.5) is 11.5 Å². The number of carbonyl (C=O) groups excluding carboxylic acids is 1. The molecule has 7 heteroatoms. The summed E-state index contributed by atoms with van der Waals surface area (Å²) in [4.78, 5) is 22.0. The summed E-state index contributed by atoms with van der Waals surface area (Å²) in [5.41, 5.74) is 12.6. The molecular weight excluding hydrogens is 370 g/mol. The van der Waals surface area contributed by atoms with Crippen LogP contribution in [0.2, 0.25) is 0 Å². The van der Waals surface area contributed by atoms with Crippen molar-refractivity contribution in [3.63, 3.8) is 0 Å². The van der Waals surface area contributed by atoms with Gasteiger partial charge in [0.15, 0.2) is 5.82 Å². The summed E-state index contributed by atoms with van der Waals surface area (Å²) < 4.78 is 0. The third kappa shape index (κ3) is 3.74. The van der Waals surface area contributed by atoms with Crippen molar-refractivity contribution in [1.82, 2.24) is 15.4 Å². The van der Waals surface area contributed by atoms with E-state index in [9.17, 15) is 4.79 Å². The van der Waals surface area contributed by atoms with Gasteiger partial charge < -0.3 is 5.73 Å². The number of hydrogen-bond donors (Lipinski definition) is 3. The van der Waals surface area contributed by atoms with E-state index in [4.69, 9.17) is 5.73 Å². The van der Waals surface area contributed by atoms with Crippen molar-refractivity contribution in [2.24, 2.45) is 0 Å². The summed E-state index contributed by atoms with van der Waals surface area (Å²) in [5, 5.41) is 2.49. The monoisotopic (exact) mass is 387 g/mol. The molecule has 138 valence electrons. The van der Waals surface area contributed by atoms with Crippen LogP contribution < -0.4 is 16.6 Å². The molecule has 0 fully saturated rings. The average molecular weight is 387 g/mol. The molecule has 0 aliphatic rings. The van der Waals surface area contributed by atoms with Gasteiger partial charge in [0.05, 0.1) is 0 Å². The molecule has 0 radical (unpaired) electrons. The van der Waals surface area contributed by atoms with E-state index < -0.39 is 0 Å². The zero-order chi connectivity index (χ0) is 19.3. The van der Waals surface area contributed by atoms with E-state index in [1.807, 2.05) is 66.7 Å². The highest BCUT2D eigenvalue weighted by molar-refractivity contribution is 7.99. The van der Waals surface area contributed by atoms with E-state index in [2.05, 4.69) is 20.8 Å². The van der Waals surface area contributed by atoms with Crippen molar-refractivity contribution >= 4 is 39.9 Å². The van der Waals surface area contributed by atoms with Crippen molar-refractivity contribution in [2.45, 2.75) is 9.92 Å². The first-order valence-corrected chi connectivity index (χ1v) is 9.41. The number of fused-ring (bicyclic) bond motifs is 1. The molecule has 4 aromatic rings. The largest absolute Gasteiger partial charge is 0.393 e. The van der Waals surface area contributed by atoms with Crippen molar-refractivity contribution in [2.75, 3.05) is 11.2 Å². The van der Waals surface area contributed by atoms with Gasteiger partial charge in [-0.25, -0.2) is 9.97 Å². The molecule has 1 heterocycles. The highest BCUT2D eigenvalue weighted by atomic mass is 32.2. The topological polar surface area (TPSA) is 92.9 Å². The highest BCUT2D eigenvalue weighted by Gasteiger charge is 2.13. The van der Waals surface area contributed by atoms with Gasteiger partial charge in [-0.3, -0.25) is 15.6 Å². The predicted octanol–water partition coefficient (Wildman–Crippen LogP) is 4.12. The number of aromatic nitrogens is 2. The van der Waals surface area contributed by atoms with Crippen LogP contribution in [0.3, 0.4) is 0 Å². The quantitative estimate of drug-likeness (QED) is 0.352. The number of carbonyl (C=O) groups is 1. The molecule has 3 aromatic carbocycles. The maximum absolute atomic E-state index is 12.7. The van der Waals surface area contributed by atoms with Gasteiger partial charge in [-0.15, -0.1) is 0 Å². The van der Waals surface area contributed by atoms with Crippen LogP contribution in [0.5, 0.6) is 0 Å². The number of benzene rings is 3. The lowest BCUT2D eigenvalue weighted by Gasteiger charge is -2.12. The van der Waals surface area contributed by atoms with Crippen LogP contribution in [0.1, 0.15) is 10.4 Å². The molecule has 28 heavy (non-hydrogen) atoms. The Hall–Kier alpha value is -3.58. The maximum atomic E-state index is 12.7. The molecule has 1 aromatic heterocycles. The fourth-order valence-electron chi connectivity index (χ4n) is 2.77. The Bertz CT molecular complexity index is 1130. The van der Waals surface area contributed by atoms with E-state index in [0.717, 1.165) is 15.7 Å². The van der Waals surface area contributed by atoms with Crippen molar-refractivity contribution < 1.29 is 4.79 Å². The zero-order valence-corrected chi connectivity index (χ0v) is 15.6. The van der Waals surface area contributed by atoms with E-state index in [-0.39, 0.29) is 5.91 Å². The van der Waals surface area contributed by atoms with E-state index >= 15 is 0 Å². The number of nitrogen functional groups attached to an aromatic ring is 1. The molecule has 0 spiro atoms. The molecule has 0 atom stereocenters. The molecule has 0 aliphatic heterocycles. The second-order valence-corrected chi connectivity index (χ2v) is 7.02. The normalized spacial score (nSPS) is 10.6. The van der Waals surface area contributed by atoms with Gasteiger partial charge in [0.1, 0.15) is 17.0 Å². The SMILES string of the molecule is Nc1c(NNC(=O)c2cccc3ccccc23)ncnc1Sc1ccccc1. The van der Waals surface area contributed by atoms with Crippen molar-refractivity contribution in [3.8, 4) is 0 Å². The minimum absolute atomic E-state index is 0.271. The Morgan fingerprint density at radius 1 is 0.893 bits per heavy atom. The fraction of sp³-hybridized carbons (Fsp3) is 0. The van der Waals surface area contributed by atoms with Crippen LogP contribution in [-0.4, -0.2) is 15.9 Å². The number of hydrazine groups is 1. The van der Waals surface area contributed by atoms with Gasteiger partial charge in [0, 0.05) is 10.5 Å². The Balaban J connectivity index is 1.52. The van der Waals surface area contributed by atoms with Gasteiger partial charge >= 0.3 is 0 Å². The second kappa shape index (κ2) is 7.98. The second-order valence-electron chi connectivity index (χ2n) is 5.96. The number of anilines is 2. The first kappa shape index (κ1) is 17.8. The summed E-state index contributed by atoms with van der Waals surface area (Å²) in [5.74, 6) is 0.0779. The van der Waals surface area contributed by atoms with Crippen molar-refractivity contribution in [3.05, 3.63) is 84.7 Å². The van der Waals surface area contributed by atoms with Crippen LogP contribution in [0.15, 0.2) is 89.0 Å². The fourth-order valence-corrected chi connectivity index (χ4v) is 3.59. The number of nitrogens with one attached hydrogen (secondary N) is 2. The lowest BCUT2D eigenvalue weighted by molar-refractivity contribution is 0.0964. The lowest BCUT2D eigenvalue weighted by Crippen LogP contribution is -2.30. The maximum Gasteiger partial charge on any atom is 0.270 e. The summed E-state index contributed by atoms with van der Waals surface area (Å²) >= 11 is 1.43. The standard InChI is InChI=1S/C21H17N5OS/c22-18-19(23-13-24-21(18)28-15-9-2-1-3-10-15)25-26-20(27)17-12-6-8-14-7-4-5-11-16(14)17/h1-13H,22H2,(H,26,27)(H,23,24,25). The molecule has 0 saturated carbocycles. The molecule has 6 nitrogen and oxygen atoms in total.